The van der Waals surface area contributed by atoms with E-state index < -0.39 is 0 Å². The van der Waals surface area contributed by atoms with E-state index >= 15 is 0 Å². The van der Waals surface area contributed by atoms with Crippen molar-refractivity contribution in [2.45, 2.75) is 63.6 Å². The topological polar surface area (TPSA) is 26.3 Å². The van der Waals surface area contributed by atoms with E-state index in [4.69, 9.17) is 4.74 Å². The van der Waals surface area contributed by atoms with Gasteiger partial charge in [0.25, 0.3) is 0 Å². The highest BCUT2D eigenvalue weighted by molar-refractivity contribution is 5.84. The van der Waals surface area contributed by atoms with E-state index in [1.807, 2.05) is 0 Å². The van der Waals surface area contributed by atoms with Crippen molar-refractivity contribution in [3.05, 3.63) is 0 Å². The monoisotopic (exact) mass is 234 g/mol. The van der Waals surface area contributed by atoms with E-state index in [1.54, 1.807) is 0 Å². The molecule has 2 aliphatic heterocycles. The van der Waals surface area contributed by atoms with Crippen LogP contribution in [0.4, 0.5) is 0 Å². The molecule has 4 aliphatic rings. The Morgan fingerprint density at radius 1 is 1.29 bits per heavy atom. The second-order valence-electron chi connectivity index (χ2n) is 6.86. The van der Waals surface area contributed by atoms with Gasteiger partial charge in [0.2, 0.25) is 0 Å². The minimum atomic E-state index is 0.176. The van der Waals surface area contributed by atoms with Crippen LogP contribution in [0.1, 0.15) is 51.9 Å². The highest BCUT2D eigenvalue weighted by atomic mass is 16.5. The van der Waals surface area contributed by atoms with Gasteiger partial charge < -0.3 is 4.74 Å². The quantitative estimate of drug-likeness (QED) is 0.644. The Morgan fingerprint density at radius 2 is 2.18 bits per heavy atom. The van der Waals surface area contributed by atoms with Gasteiger partial charge in [-0.25, -0.2) is 0 Å². The zero-order chi connectivity index (χ0) is 11.6. The van der Waals surface area contributed by atoms with E-state index in [1.165, 1.54) is 25.7 Å². The minimum absolute atomic E-state index is 0.176. The van der Waals surface area contributed by atoms with Gasteiger partial charge in [-0.2, -0.15) is 0 Å². The lowest BCUT2D eigenvalue weighted by molar-refractivity contribution is -0.128. The molecule has 4 unspecified atom stereocenters. The molecule has 2 saturated carbocycles. The molecule has 4 fully saturated rings. The third-order valence-electron chi connectivity index (χ3n) is 6.23. The fraction of sp³-hybridized carbons (Fsp3) is 0.933. The largest absolute Gasteiger partial charge is 0.370 e. The maximum absolute atomic E-state index is 12.1. The average Bonchev–Trinajstić information content (AvgIpc) is 2.90. The van der Waals surface area contributed by atoms with Crippen LogP contribution in [-0.2, 0) is 9.53 Å². The van der Waals surface area contributed by atoms with Gasteiger partial charge in [-0.15, -0.1) is 0 Å². The first-order chi connectivity index (χ1) is 8.21. The number of ether oxygens (including phenoxy) is 1. The Bertz CT molecular complexity index is 364. The number of ketones is 1. The smallest absolute Gasteiger partial charge is 0.138 e. The van der Waals surface area contributed by atoms with Gasteiger partial charge in [-0.1, -0.05) is 13.3 Å². The summed E-state index contributed by atoms with van der Waals surface area (Å²) in [7, 11) is 0. The van der Waals surface area contributed by atoms with Gasteiger partial charge >= 0.3 is 0 Å². The number of Topliss-reactive ketones (excluding diaryl/α,β-unsaturated/α-hetero) is 1. The van der Waals surface area contributed by atoms with E-state index in [2.05, 4.69) is 6.92 Å². The van der Waals surface area contributed by atoms with Crippen LogP contribution in [0.5, 0.6) is 0 Å². The Morgan fingerprint density at radius 3 is 3.06 bits per heavy atom. The van der Waals surface area contributed by atoms with Gasteiger partial charge in [-0.3, -0.25) is 4.79 Å². The van der Waals surface area contributed by atoms with Crippen LogP contribution in [0.25, 0.3) is 0 Å². The molecule has 0 aromatic heterocycles. The number of carbonyl (C=O) groups is 1. The van der Waals surface area contributed by atoms with Crippen LogP contribution in [0, 0.1) is 23.7 Å². The second kappa shape index (κ2) is 3.34. The van der Waals surface area contributed by atoms with Crippen LogP contribution in [0.15, 0.2) is 0 Å². The normalized spacial score (nSPS) is 56.8. The maximum atomic E-state index is 12.1. The molecule has 2 nitrogen and oxygen atoms in total. The van der Waals surface area contributed by atoms with Crippen molar-refractivity contribution in [1.29, 1.82) is 0 Å². The number of hydrogen-bond acceptors (Lipinski definition) is 2. The summed E-state index contributed by atoms with van der Waals surface area (Å²) in [5, 5.41) is 0. The van der Waals surface area contributed by atoms with Crippen LogP contribution < -0.4 is 0 Å². The van der Waals surface area contributed by atoms with Crippen molar-refractivity contribution in [2.75, 3.05) is 0 Å². The zero-order valence-electron chi connectivity index (χ0n) is 10.7. The van der Waals surface area contributed by atoms with Gasteiger partial charge in [0, 0.05) is 12.3 Å². The molecule has 0 N–H and O–H groups in total. The Kier molecular flexibility index (Phi) is 2.07. The Balaban J connectivity index is 1.75. The first-order valence-corrected chi connectivity index (χ1v) is 7.41. The first kappa shape index (κ1) is 10.5. The lowest BCUT2D eigenvalue weighted by Crippen LogP contribution is -2.38. The highest BCUT2D eigenvalue weighted by Crippen LogP contribution is 2.59. The van der Waals surface area contributed by atoms with E-state index in [0.29, 0.717) is 17.6 Å². The van der Waals surface area contributed by atoms with Crippen molar-refractivity contribution < 1.29 is 9.53 Å². The summed E-state index contributed by atoms with van der Waals surface area (Å²) in [6.07, 6.45) is 8.59. The zero-order valence-corrected chi connectivity index (χ0v) is 10.7. The molecule has 2 heteroatoms. The molecule has 94 valence electrons. The van der Waals surface area contributed by atoms with Crippen LogP contribution in [-0.4, -0.2) is 17.5 Å². The Labute approximate surface area is 103 Å². The molecule has 2 heterocycles. The average molecular weight is 234 g/mol. The van der Waals surface area contributed by atoms with Gasteiger partial charge in [0.1, 0.15) is 5.78 Å². The molecule has 2 aliphatic carbocycles. The highest BCUT2D eigenvalue weighted by Gasteiger charge is 2.60. The summed E-state index contributed by atoms with van der Waals surface area (Å²) >= 11 is 0. The molecule has 0 aromatic carbocycles. The van der Waals surface area contributed by atoms with E-state index in [9.17, 15) is 4.79 Å². The van der Waals surface area contributed by atoms with Crippen molar-refractivity contribution in [3.63, 3.8) is 0 Å². The van der Waals surface area contributed by atoms with Gasteiger partial charge in [0.05, 0.1) is 11.7 Å². The summed E-state index contributed by atoms with van der Waals surface area (Å²) < 4.78 is 6.51. The lowest BCUT2D eigenvalue weighted by atomic mass is 9.71. The number of carbonyl (C=O) groups excluding carboxylic acids is 1. The fourth-order valence-corrected chi connectivity index (χ4v) is 5.49. The number of rotatable bonds is 0. The van der Waals surface area contributed by atoms with Gasteiger partial charge in [0.15, 0.2) is 0 Å². The van der Waals surface area contributed by atoms with Gasteiger partial charge in [-0.05, 0) is 49.9 Å². The minimum Gasteiger partial charge on any atom is -0.370 e. The second-order valence-corrected chi connectivity index (χ2v) is 6.86. The first-order valence-electron chi connectivity index (χ1n) is 7.41. The molecule has 1 spiro atoms. The molecule has 0 radical (unpaired) electrons. The van der Waals surface area contributed by atoms with E-state index in [-0.39, 0.29) is 17.6 Å². The van der Waals surface area contributed by atoms with Crippen molar-refractivity contribution in [1.82, 2.24) is 0 Å². The number of fused-ring (bicyclic) bond motifs is 3. The fourth-order valence-electron chi connectivity index (χ4n) is 5.49. The summed E-state index contributed by atoms with van der Waals surface area (Å²) in [5.74, 6) is 2.86. The van der Waals surface area contributed by atoms with E-state index in [0.717, 1.165) is 25.2 Å². The van der Waals surface area contributed by atoms with Crippen LogP contribution in [0.2, 0.25) is 0 Å². The number of hydrogen-bond donors (Lipinski definition) is 0. The standard InChI is InChI=1S/C15H22O2/c1-9-7-13-14-10(4-5-12(14)16)8-11-3-2-6-15(9,11)17-13/h9-11,13-14H,2-8H2,1H3/t9?,10?,11?,13-,14?,15+/m1/s1. The molecule has 4 rings (SSSR count). The molecular weight excluding hydrogens is 212 g/mol. The third kappa shape index (κ3) is 1.23. The summed E-state index contributed by atoms with van der Waals surface area (Å²) in [6.45, 7) is 2.36. The summed E-state index contributed by atoms with van der Waals surface area (Å²) in [5.41, 5.74) is 0.176. The molecule has 17 heavy (non-hydrogen) atoms. The molecule has 2 saturated heterocycles. The predicted molar refractivity (Wildman–Crippen MR) is 64.6 cm³/mol. The molecule has 0 aromatic rings. The third-order valence-corrected chi connectivity index (χ3v) is 6.23. The maximum Gasteiger partial charge on any atom is 0.138 e. The lowest BCUT2D eigenvalue weighted by Gasteiger charge is -2.35. The van der Waals surface area contributed by atoms with Crippen molar-refractivity contribution in [2.24, 2.45) is 23.7 Å². The van der Waals surface area contributed by atoms with Crippen molar-refractivity contribution in [3.8, 4) is 0 Å². The summed E-state index contributed by atoms with van der Waals surface area (Å²) in [6, 6.07) is 0. The van der Waals surface area contributed by atoms with Crippen molar-refractivity contribution >= 4 is 5.78 Å². The SMILES string of the molecule is CC1C[C@H]2O[C@@]13CCCC3CC1CCC(=O)C12. The Hall–Kier alpha value is -0.370. The van der Waals surface area contributed by atoms with Crippen LogP contribution >= 0.6 is 0 Å². The molecule has 0 amide bonds. The molecule has 2 bridgehead atoms. The van der Waals surface area contributed by atoms with Crippen LogP contribution in [0.3, 0.4) is 0 Å². The predicted octanol–water partition coefficient (Wildman–Crippen LogP) is 2.95. The molecule has 6 atom stereocenters. The summed E-state index contributed by atoms with van der Waals surface area (Å²) in [4.78, 5) is 12.1. The molecular formula is C15H22O2.